The summed E-state index contributed by atoms with van der Waals surface area (Å²) in [5.41, 5.74) is -0.151. The van der Waals surface area contributed by atoms with Crippen molar-refractivity contribution in [2.24, 2.45) is 0 Å². The fraction of sp³-hybridized carbons (Fsp3) is 0.769. The van der Waals surface area contributed by atoms with E-state index < -0.39 is 0 Å². The summed E-state index contributed by atoms with van der Waals surface area (Å²) < 4.78 is 12.2. The molecule has 16 heavy (non-hydrogen) atoms. The van der Waals surface area contributed by atoms with Crippen molar-refractivity contribution in [1.82, 2.24) is 0 Å². The van der Waals surface area contributed by atoms with Gasteiger partial charge in [-0.1, -0.05) is 12.2 Å². The van der Waals surface area contributed by atoms with Gasteiger partial charge in [0.2, 0.25) is 0 Å². The van der Waals surface area contributed by atoms with Crippen molar-refractivity contribution in [3.63, 3.8) is 0 Å². The molecule has 86 valence electrons. The zero-order chi connectivity index (χ0) is 11.0. The van der Waals surface area contributed by atoms with Crippen LogP contribution in [0.4, 0.5) is 0 Å². The minimum Gasteiger partial charge on any atom is -0.371 e. The van der Waals surface area contributed by atoms with E-state index in [9.17, 15) is 0 Å². The van der Waals surface area contributed by atoms with Gasteiger partial charge in [0.05, 0.1) is 24.4 Å². The molecule has 1 spiro atoms. The quantitative estimate of drug-likeness (QED) is 0.669. The van der Waals surface area contributed by atoms with E-state index in [4.69, 9.17) is 14.7 Å². The first-order valence-electron chi connectivity index (χ1n) is 6.20. The second-order valence-electron chi connectivity index (χ2n) is 5.06. The number of hydrogen-bond donors (Lipinski definition) is 0. The Morgan fingerprint density at radius 2 is 2.38 bits per heavy atom. The first kappa shape index (κ1) is 10.3. The second-order valence-corrected chi connectivity index (χ2v) is 5.06. The number of fused-ring (bicyclic) bond motifs is 1. The molecule has 2 saturated heterocycles. The molecule has 3 aliphatic rings. The van der Waals surface area contributed by atoms with Gasteiger partial charge in [-0.2, -0.15) is 5.26 Å². The SMILES string of the molecule is N#CCCC1CCC2OC3CC=CC2(C3)O1. The summed E-state index contributed by atoms with van der Waals surface area (Å²) >= 11 is 0. The number of nitrogens with zero attached hydrogens (tertiary/aromatic N) is 1. The topological polar surface area (TPSA) is 42.2 Å². The van der Waals surface area contributed by atoms with Crippen molar-refractivity contribution in [2.45, 2.75) is 62.4 Å². The standard InChI is InChI=1S/C13H17NO2/c14-8-2-4-10-5-6-12-13(16-10)7-1-3-11(9-13)15-12/h1,7,10-12H,2-6,9H2. The van der Waals surface area contributed by atoms with Crippen LogP contribution in [0.3, 0.4) is 0 Å². The normalized spacial score (nSPS) is 45.1. The van der Waals surface area contributed by atoms with Crippen molar-refractivity contribution in [3.8, 4) is 6.07 Å². The highest BCUT2D eigenvalue weighted by atomic mass is 16.6. The summed E-state index contributed by atoms with van der Waals surface area (Å²) in [6.07, 6.45) is 10.9. The molecule has 0 aromatic carbocycles. The minimum atomic E-state index is -0.151. The molecule has 0 amide bonds. The molecule has 2 fully saturated rings. The summed E-state index contributed by atoms with van der Waals surface area (Å²) in [4.78, 5) is 0. The highest BCUT2D eigenvalue weighted by Crippen LogP contribution is 2.46. The van der Waals surface area contributed by atoms with Crippen molar-refractivity contribution in [1.29, 1.82) is 5.26 Å². The molecular weight excluding hydrogens is 202 g/mol. The van der Waals surface area contributed by atoms with Crippen LogP contribution >= 0.6 is 0 Å². The summed E-state index contributed by atoms with van der Waals surface area (Å²) in [6, 6.07) is 2.20. The number of hydrogen-bond acceptors (Lipinski definition) is 3. The molecule has 0 radical (unpaired) electrons. The Bertz CT molecular complexity index is 346. The molecule has 3 heteroatoms. The van der Waals surface area contributed by atoms with Gasteiger partial charge in [-0.15, -0.1) is 0 Å². The van der Waals surface area contributed by atoms with Gasteiger partial charge in [0.25, 0.3) is 0 Å². The molecule has 3 rings (SSSR count). The van der Waals surface area contributed by atoms with E-state index in [1.54, 1.807) is 0 Å². The van der Waals surface area contributed by atoms with Gasteiger partial charge in [0.15, 0.2) is 0 Å². The van der Waals surface area contributed by atoms with E-state index in [2.05, 4.69) is 18.2 Å². The van der Waals surface area contributed by atoms with E-state index in [-0.39, 0.29) is 17.8 Å². The molecule has 3 nitrogen and oxygen atoms in total. The summed E-state index contributed by atoms with van der Waals surface area (Å²) in [5.74, 6) is 0. The van der Waals surface area contributed by atoms with E-state index in [0.717, 1.165) is 32.1 Å². The van der Waals surface area contributed by atoms with Crippen molar-refractivity contribution >= 4 is 0 Å². The van der Waals surface area contributed by atoms with Gasteiger partial charge >= 0.3 is 0 Å². The third-order valence-corrected chi connectivity index (χ3v) is 3.96. The van der Waals surface area contributed by atoms with E-state index in [0.29, 0.717) is 12.5 Å². The monoisotopic (exact) mass is 219 g/mol. The van der Waals surface area contributed by atoms with E-state index in [1.807, 2.05) is 0 Å². The van der Waals surface area contributed by atoms with E-state index in [1.165, 1.54) is 0 Å². The average molecular weight is 219 g/mol. The molecule has 0 N–H and O–H groups in total. The fourth-order valence-corrected chi connectivity index (χ4v) is 3.23. The van der Waals surface area contributed by atoms with Crippen molar-refractivity contribution in [2.75, 3.05) is 0 Å². The third kappa shape index (κ3) is 1.57. The lowest BCUT2D eigenvalue weighted by Gasteiger charge is -2.40. The maximum Gasteiger partial charge on any atom is 0.115 e. The Balaban J connectivity index is 1.73. The van der Waals surface area contributed by atoms with Crippen LogP contribution in [0.2, 0.25) is 0 Å². The molecule has 1 aliphatic carbocycles. The lowest BCUT2D eigenvalue weighted by Crippen LogP contribution is -2.47. The zero-order valence-corrected chi connectivity index (χ0v) is 9.39. The highest BCUT2D eigenvalue weighted by Gasteiger charge is 2.52. The van der Waals surface area contributed by atoms with Gasteiger partial charge in [0, 0.05) is 12.8 Å². The largest absolute Gasteiger partial charge is 0.371 e. The molecule has 2 aliphatic heterocycles. The number of rotatable bonds is 2. The molecule has 2 bridgehead atoms. The maximum absolute atomic E-state index is 8.61. The van der Waals surface area contributed by atoms with Crippen LogP contribution in [0.5, 0.6) is 0 Å². The Morgan fingerprint density at radius 1 is 1.44 bits per heavy atom. The summed E-state index contributed by atoms with van der Waals surface area (Å²) in [6.45, 7) is 0. The molecule has 0 saturated carbocycles. The Labute approximate surface area is 96.0 Å². The first-order chi connectivity index (χ1) is 7.82. The number of nitriles is 1. The Hall–Kier alpha value is -0.850. The predicted octanol–water partition coefficient (Wildman–Crippen LogP) is 2.33. The van der Waals surface area contributed by atoms with Gasteiger partial charge < -0.3 is 9.47 Å². The Morgan fingerprint density at radius 3 is 3.25 bits per heavy atom. The highest BCUT2D eigenvalue weighted by molar-refractivity contribution is 5.18. The minimum absolute atomic E-state index is 0.151. The third-order valence-electron chi connectivity index (χ3n) is 3.96. The van der Waals surface area contributed by atoms with Gasteiger partial charge in [-0.25, -0.2) is 0 Å². The molecule has 2 heterocycles. The lowest BCUT2D eigenvalue weighted by atomic mass is 9.83. The average Bonchev–Trinajstić information content (AvgIpc) is 2.55. The van der Waals surface area contributed by atoms with Crippen LogP contribution in [0.15, 0.2) is 12.2 Å². The Kier molecular flexibility index (Phi) is 2.49. The van der Waals surface area contributed by atoms with Crippen LogP contribution in [-0.4, -0.2) is 23.9 Å². The van der Waals surface area contributed by atoms with E-state index >= 15 is 0 Å². The van der Waals surface area contributed by atoms with Crippen molar-refractivity contribution in [3.05, 3.63) is 12.2 Å². The first-order valence-corrected chi connectivity index (χ1v) is 6.20. The number of ether oxygens (including phenoxy) is 2. The maximum atomic E-state index is 8.61. The van der Waals surface area contributed by atoms with Gasteiger partial charge in [-0.3, -0.25) is 0 Å². The molecule has 0 aromatic rings. The second kappa shape index (κ2) is 3.87. The fourth-order valence-electron chi connectivity index (χ4n) is 3.23. The lowest BCUT2D eigenvalue weighted by molar-refractivity contribution is -0.139. The predicted molar refractivity (Wildman–Crippen MR) is 58.7 cm³/mol. The summed E-state index contributed by atoms with van der Waals surface area (Å²) in [7, 11) is 0. The van der Waals surface area contributed by atoms with Crippen LogP contribution in [0.25, 0.3) is 0 Å². The molecule has 0 aromatic heterocycles. The van der Waals surface area contributed by atoms with Crippen LogP contribution in [0, 0.1) is 11.3 Å². The van der Waals surface area contributed by atoms with Crippen LogP contribution < -0.4 is 0 Å². The van der Waals surface area contributed by atoms with Gasteiger partial charge in [-0.05, 0) is 25.7 Å². The summed E-state index contributed by atoms with van der Waals surface area (Å²) in [5, 5.41) is 8.61. The smallest absolute Gasteiger partial charge is 0.115 e. The van der Waals surface area contributed by atoms with Gasteiger partial charge in [0.1, 0.15) is 5.60 Å². The molecule has 4 unspecified atom stereocenters. The van der Waals surface area contributed by atoms with Crippen LogP contribution in [0.1, 0.15) is 38.5 Å². The van der Waals surface area contributed by atoms with Crippen LogP contribution in [-0.2, 0) is 9.47 Å². The zero-order valence-electron chi connectivity index (χ0n) is 9.39. The molecule has 4 atom stereocenters. The molecular formula is C13H17NO2. The van der Waals surface area contributed by atoms with Crippen molar-refractivity contribution < 1.29 is 9.47 Å².